The average Bonchev–Trinajstić information content (AvgIpc) is 2.88. The van der Waals surface area contributed by atoms with Crippen LogP contribution in [-0.4, -0.2) is 42.6 Å². The van der Waals surface area contributed by atoms with Crippen molar-refractivity contribution in [2.75, 3.05) is 37.0 Å². The molecule has 2 N–H and O–H groups in total. The number of aryl methyl sites for hydroxylation is 1. The zero-order chi connectivity index (χ0) is 23.9. The molecule has 4 rings (SSSR count). The molecule has 0 unspecified atom stereocenters. The summed E-state index contributed by atoms with van der Waals surface area (Å²) in [7, 11) is 1.61. The van der Waals surface area contributed by atoms with Crippen LogP contribution in [0.3, 0.4) is 0 Å². The molecule has 0 aliphatic carbocycles. The molecule has 1 fully saturated rings. The fourth-order valence-electron chi connectivity index (χ4n) is 4.43. The maximum absolute atomic E-state index is 13.9. The van der Waals surface area contributed by atoms with Crippen molar-refractivity contribution in [3.05, 3.63) is 77.5 Å². The smallest absolute Gasteiger partial charge is 0.263 e. The monoisotopic (exact) mass is 459 g/mol. The highest BCUT2D eigenvalue weighted by Gasteiger charge is 2.27. The van der Waals surface area contributed by atoms with Crippen molar-refractivity contribution in [3.8, 4) is 5.75 Å². The number of carbonyl (C=O) groups excluding carboxylic acids is 1. The minimum absolute atomic E-state index is 0.0295. The second-order valence-electron chi connectivity index (χ2n) is 8.78. The number of piperidine rings is 1. The van der Waals surface area contributed by atoms with Crippen LogP contribution in [0.4, 0.5) is 11.8 Å². The lowest BCUT2D eigenvalue weighted by atomic mass is 9.97. The molecule has 178 valence electrons. The van der Waals surface area contributed by atoms with Crippen LogP contribution in [-0.2, 0) is 0 Å². The highest BCUT2D eigenvalue weighted by atomic mass is 16.5. The maximum Gasteiger partial charge on any atom is 0.263 e. The van der Waals surface area contributed by atoms with Gasteiger partial charge >= 0.3 is 0 Å². The zero-order valence-corrected chi connectivity index (χ0v) is 20.1. The van der Waals surface area contributed by atoms with Crippen molar-refractivity contribution < 1.29 is 9.53 Å². The molecule has 0 saturated carbocycles. The molecule has 7 nitrogen and oxygen atoms in total. The first kappa shape index (κ1) is 23.7. The molecule has 0 radical (unpaired) electrons. The quantitative estimate of drug-likeness (QED) is 0.512. The van der Waals surface area contributed by atoms with Gasteiger partial charge in [-0.05, 0) is 69.0 Å². The van der Waals surface area contributed by atoms with Gasteiger partial charge in [-0.15, -0.1) is 0 Å². The van der Waals surface area contributed by atoms with Crippen LogP contribution in [0, 0.1) is 12.8 Å². The van der Waals surface area contributed by atoms with Crippen LogP contribution in [0.25, 0.3) is 0 Å². The lowest BCUT2D eigenvalue weighted by Crippen LogP contribution is -2.40. The van der Waals surface area contributed by atoms with E-state index in [1.165, 1.54) is 0 Å². The minimum Gasteiger partial charge on any atom is -0.496 e. The van der Waals surface area contributed by atoms with Crippen LogP contribution < -0.4 is 20.3 Å². The predicted molar refractivity (Wildman–Crippen MR) is 136 cm³/mol. The van der Waals surface area contributed by atoms with Gasteiger partial charge in [-0.3, -0.25) is 9.69 Å². The molecule has 2 heterocycles. The lowest BCUT2D eigenvalue weighted by Gasteiger charge is -2.30. The topological polar surface area (TPSA) is 79.4 Å². The number of benzene rings is 2. The molecule has 0 spiro atoms. The SMILES string of the molecule is COc1c(C)cccc1C(=O)N(CC1CCNCC1)c1ccnc(N[C@@H](C)c2ccccc2)n1. The number of hydrogen-bond acceptors (Lipinski definition) is 6. The van der Waals surface area contributed by atoms with Crippen LogP contribution in [0.15, 0.2) is 60.8 Å². The molecule has 1 saturated heterocycles. The Morgan fingerprint density at radius 2 is 1.91 bits per heavy atom. The van der Waals surface area contributed by atoms with Crippen LogP contribution in [0.1, 0.15) is 47.3 Å². The molecular weight excluding hydrogens is 426 g/mol. The molecule has 1 amide bonds. The van der Waals surface area contributed by atoms with Crippen molar-refractivity contribution in [1.29, 1.82) is 0 Å². The predicted octanol–water partition coefficient (Wildman–Crippen LogP) is 4.61. The average molecular weight is 460 g/mol. The number of ether oxygens (including phenoxy) is 1. The van der Waals surface area contributed by atoms with Gasteiger partial charge in [0.2, 0.25) is 5.95 Å². The third-order valence-corrected chi connectivity index (χ3v) is 6.35. The maximum atomic E-state index is 13.9. The first-order chi connectivity index (χ1) is 16.6. The Balaban J connectivity index is 1.64. The molecule has 1 aliphatic rings. The summed E-state index contributed by atoms with van der Waals surface area (Å²) in [5, 5.41) is 6.77. The van der Waals surface area contributed by atoms with Crippen LogP contribution >= 0.6 is 0 Å². The highest BCUT2D eigenvalue weighted by molar-refractivity contribution is 6.07. The van der Waals surface area contributed by atoms with E-state index in [0.29, 0.717) is 35.5 Å². The van der Waals surface area contributed by atoms with E-state index in [1.807, 2.05) is 43.3 Å². The summed E-state index contributed by atoms with van der Waals surface area (Å²) in [6.07, 6.45) is 3.75. The van der Waals surface area contributed by atoms with Gasteiger partial charge in [0, 0.05) is 12.7 Å². The second-order valence-corrected chi connectivity index (χ2v) is 8.78. The van der Waals surface area contributed by atoms with Gasteiger partial charge in [0.25, 0.3) is 5.91 Å². The van der Waals surface area contributed by atoms with Gasteiger partial charge in [-0.2, -0.15) is 4.98 Å². The fraction of sp³-hybridized carbons (Fsp3) is 0.370. The fourth-order valence-corrected chi connectivity index (χ4v) is 4.43. The molecule has 7 heteroatoms. The number of methoxy groups -OCH3 is 1. The van der Waals surface area contributed by atoms with Crippen LogP contribution in [0.2, 0.25) is 0 Å². The molecule has 3 aromatic rings. The van der Waals surface area contributed by atoms with Crippen molar-refractivity contribution in [2.24, 2.45) is 5.92 Å². The van der Waals surface area contributed by atoms with Gasteiger partial charge in [0.15, 0.2) is 0 Å². The number of para-hydroxylation sites is 1. The van der Waals surface area contributed by atoms with E-state index < -0.39 is 0 Å². The van der Waals surface area contributed by atoms with E-state index in [2.05, 4.69) is 34.7 Å². The Bertz CT molecular complexity index is 1100. The Morgan fingerprint density at radius 3 is 2.65 bits per heavy atom. The summed E-state index contributed by atoms with van der Waals surface area (Å²) in [6, 6.07) is 17.7. The highest BCUT2D eigenvalue weighted by Crippen LogP contribution is 2.28. The van der Waals surface area contributed by atoms with Gasteiger partial charge < -0.3 is 15.4 Å². The zero-order valence-electron chi connectivity index (χ0n) is 20.1. The summed E-state index contributed by atoms with van der Waals surface area (Å²) in [5.74, 6) is 1.97. The van der Waals surface area contributed by atoms with Crippen molar-refractivity contribution in [3.63, 3.8) is 0 Å². The summed E-state index contributed by atoms with van der Waals surface area (Å²) in [6.45, 7) is 6.55. The van der Waals surface area contributed by atoms with E-state index in [4.69, 9.17) is 9.72 Å². The lowest BCUT2D eigenvalue weighted by molar-refractivity contribution is 0.0977. The number of anilines is 2. The van der Waals surface area contributed by atoms with E-state index in [0.717, 1.165) is 37.1 Å². The Kier molecular flexibility index (Phi) is 7.75. The van der Waals surface area contributed by atoms with Crippen molar-refractivity contribution in [2.45, 2.75) is 32.7 Å². The normalized spacial score (nSPS) is 14.9. The first-order valence-corrected chi connectivity index (χ1v) is 11.9. The Labute approximate surface area is 201 Å². The summed E-state index contributed by atoms with van der Waals surface area (Å²) in [5.41, 5.74) is 2.61. The first-order valence-electron chi connectivity index (χ1n) is 11.9. The van der Waals surface area contributed by atoms with Crippen molar-refractivity contribution >= 4 is 17.7 Å². The molecule has 1 atom stereocenters. The number of carbonyl (C=O) groups is 1. The molecule has 34 heavy (non-hydrogen) atoms. The van der Waals surface area contributed by atoms with E-state index in [-0.39, 0.29) is 11.9 Å². The number of hydrogen-bond donors (Lipinski definition) is 2. The van der Waals surface area contributed by atoms with Gasteiger partial charge in [0.1, 0.15) is 11.6 Å². The van der Waals surface area contributed by atoms with E-state index >= 15 is 0 Å². The number of rotatable bonds is 8. The molecule has 1 aromatic heterocycles. The van der Waals surface area contributed by atoms with Crippen molar-refractivity contribution in [1.82, 2.24) is 15.3 Å². The second kappa shape index (κ2) is 11.1. The third kappa shape index (κ3) is 5.54. The standard InChI is InChI=1S/C27H33N5O2/c1-19-8-7-11-23(25(19)34-3)26(33)32(18-21-12-15-28-16-13-21)24-14-17-29-27(31-24)30-20(2)22-9-5-4-6-10-22/h4-11,14,17,20-21,28H,12-13,15-16,18H2,1-3H3,(H,29,30,31)/t20-/m0/s1. The minimum atomic E-state index is -0.111. The number of nitrogens with zero attached hydrogens (tertiary/aromatic N) is 3. The Morgan fingerprint density at radius 1 is 1.15 bits per heavy atom. The number of nitrogens with one attached hydrogen (secondary N) is 2. The number of amides is 1. The largest absolute Gasteiger partial charge is 0.496 e. The summed E-state index contributed by atoms with van der Waals surface area (Å²) >= 11 is 0. The van der Waals surface area contributed by atoms with Crippen LogP contribution in [0.5, 0.6) is 5.75 Å². The van der Waals surface area contributed by atoms with Gasteiger partial charge in [0.05, 0.1) is 18.7 Å². The molecule has 0 bridgehead atoms. The van der Waals surface area contributed by atoms with E-state index in [1.54, 1.807) is 24.3 Å². The molecule has 2 aromatic carbocycles. The molecule has 1 aliphatic heterocycles. The van der Waals surface area contributed by atoms with Gasteiger partial charge in [-0.1, -0.05) is 42.5 Å². The van der Waals surface area contributed by atoms with Gasteiger partial charge in [-0.25, -0.2) is 4.98 Å². The number of aromatic nitrogens is 2. The summed E-state index contributed by atoms with van der Waals surface area (Å²) in [4.78, 5) is 24.8. The summed E-state index contributed by atoms with van der Waals surface area (Å²) < 4.78 is 5.60. The third-order valence-electron chi connectivity index (χ3n) is 6.35. The molecular formula is C27H33N5O2. The van der Waals surface area contributed by atoms with E-state index in [9.17, 15) is 4.79 Å². The Hall–Kier alpha value is -3.45.